The van der Waals surface area contributed by atoms with Gasteiger partial charge in [0.25, 0.3) is 0 Å². The molecule has 2 nitrogen and oxygen atoms in total. The minimum absolute atomic E-state index is 0.542. The third kappa shape index (κ3) is 1.25. The molecule has 1 aliphatic heterocycles. The summed E-state index contributed by atoms with van der Waals surface area (Å²) in [6.07, 6.45) is 7.93. The van der Waals surface area contributed by atoms with Crippen LogP contribution < -0.4 is 5.32 Å². The van der Waals surface area contributed by atoms with Crippen molar-refractivity contribution < 1.29 is 0 Å². The van der Waals surface area contributed by atoms with Gasteiger partial charge in [0.2, 0.25) is 0 Å². The molecule has 1 atom stereocenters. The molecule has 2 aliphatic rings. The second-order valence-corrected chi connectivity index (χ2v) is 4.35. The van der Waals surface area contributed by atoms with E-state index < -0.39 is 0 Å². The average molecular weight is 174 g/mol. The molecule has 1 N–H and O–H groups in total. The number of hydrogen-bond acceptors (Lipinski definition) is 2. The highest BCUT2D eigenvalue weighted by atomic mass is 15.1. The maximum atomic E-state index is 4.17. The van der Waals surface area contributed by atoms with Crippen molar-refractivity contribution in [1.29, 1.82) is 0 Å². The third-order valence-corrected chi connectivity index (χ3v) is 3.37. The lowest BCUT2D eigenvalue weighted by Gasteiger charge is -2.07. The van der Waals surface area contributed by atoms with Crippen LogP contribution in [0.5, 0.6) is 0 Å². The maximum Gasteiger partial charge on any atom is 0.0303 e. The first-order valence-corrected chi connectivity index (χ1v) is 5.03. The van der Waals surface area contributed by atoms with E-state index in [1.807, 2.05) is 18.5 Å². The number of nitrogens with zero attached hydrogens (tertiary/aromatic N) is 1. The van der Waals surface area contributed by atoms with Crippen LogP contribution in [0.25, 0.3) is 0 Å². The fourth-order valence-corrected chi connectivity index (χ4v) is 2.34. The standard InChI is InChI=1S/C11H14N2/c1-2-9(7-12-5-1)10-6-11(3-4-11)13-8-10/h1-2,5,7,10,13H,3-4,6,8H2/t10-/m0/s1. The van der Waals surface area contributed by atoms with E-state index in [9.17, 15) is 0 Å². The Morgan fingerprint density at radius 3 is 3.00 bits per heavy atom. The summed E-state index contributed by atoms with van der Waals surface area (Å²) >= 11 is 0. The van der Waals surface area contributed by atoms with Crippen LogP contribution in [0.4, 0.5) is 0 Å². The molecule has 3 rings (SSSR count). The summed E-state index contributed by atoms with van der Waals surface area (Å²) < 4.78 is 0. The summed E-state index contributed by atoms with van der Waals surface area (Å²) in [4.78, 5) is 4.17. The summed E-state index contributed by atoms with van der Waals surface area (Å²) in [5.41, 5.74) is 1.94. The smallest absolute Gasteiger partial charge is 0.0303 e. The van der Waals surface area contributed by atoms with Crippen LogP contribution in [0, 0.1) is 0 Å². The molecule has 1 saturated heterocycles. The monoisotopic (exact) mass is 174 g/mol. The first kappa shape index (κ1) is 7.51. The number of hydrogen-bond donors (Lipinski definition) is 1. The maximum absolute atomic E-state index is 4.17. The fraction of sp³-hybridized carbons (Fsp3) is 0.545. The SMILES string of the molecule is c1cncc([C@@H]2CNC3(CC3)C2)c1. The first-order valence-electron chi connectivity index (χ1n) is 5.03. The molecule has 1 aliphatic carbocycles. The van der Waals surface area contributed by atoms with Crippen LogP contribution in [0.1, 0.15) is 30.7 Å². The largest absolute Gasteiger partial charge is 0.311 e. The molecule has 0 amide bonds. The summed E-state index contributed by atoms with van der Waals surface area (Å²) in [5, 5.41) is 3.63. The van der Waals surface area contributed by atoms with E-state index in [-0.39, 0.29) is 0 Å². The average Bonchev–Trinajstić information content (AvgIpc) is 2.78. The minimum Gasteiger partial charge on any atom is -0.311 e. The molecule has 0 aromatic carbocycles. The minimum atomic E-state index is 0.542. The summed E-state index contributed by atoms with van der Waals surface area (Å²) in [6, 6.07) is 4.23. The molecule has 68 valence electrons. The highest BCUT2D eigenvalue weighted by molar-refractivity contribution is 5.22. The number of rotatable bonds is 1. The van der Waals surface area contributed by atoms with E-state index in [4.69, 9.17) is 0 Å². The normalized spacial score (nSPS) is 29.4. The van der Waals surface area contributed by atoms with Gasteiger partial charge in [0.1, 0.15) is 0 Å². The Bertz CT molecular complexity index is 303. The molecule has 2 heteroatoms. The number of aromatic nitrogens is 1. The topological polar surface area (TPSA) is 24.9 Å². The fourth-order valence-electron chi connectivity index (χ4n) is 2.34. The van der Waals surface area contributed by atoms with Gasteiger partial charge in [0.05, 0.1) is 0 Å². The van der Waals surface area contributed by atoms with Crippen molar-refractivity contribution in [3.05, 3.63) is 30.1 Å². The van der Waals surface area contributed by atoms with Crippen molar-refractivity contribution in [2.75, 3.05) is 6.54 Å². The van der Waals surface area contributed by atoms with E-state index in [1.165, 1.54) is 24.8 Å². The highest BCUT2D eigenvalue weighted by Gasteiger charge is 2.48. The van der Waals surface area contributed by atoms with Crippen molar-refractivity contribution >= 4 is 0 Å². The van der Waals surface area contributed by atoms with E-state index in [1.54, 1.807) is 0 Å². The summed E-state index contributed by atoms with van der Waals surface area (Å²) in [5.74, 6) is 0.705. The lowest BCUT2D eigenvalue weighted by molar-refractivity contribution is 0.594. The van der Waals surface area contributed by atoms with Gasteiger partial charge in [-0.15, -0.1) is 0 Å². The van der Waals surface area contributed by atoms with Gasteiger partial charge in [-0.2, -0.15) is 0 Å². The summed E-state index contributed by atoms with van der Waals surface area (Å²) in [7, 11) is 0. The van der Waals surface area contributed by atoms with Gasteiger partial charge >= 0.3 is 0 Å². The van der Waals surface area contributed by atoms with Crippen LogP contribution in [0.3, 0.4) is 0 Å². The zero-order chi connectivity index (χ0) is 8.73. The molecule has 0 unspecified atom stereocenters. The van der Waals surface area contributed by atoms with Gasteiger partial charge in [-0.1, -0.05) is 6.07 Å². The molecule has 1 aromatic rings. The molecule has 2 fully saturated rings. The second kappa shape index (κ2) is 2.55. The van der Waals surface area contributed by atoms with Gasteiger partial charge < -0.3 is 5.32 Å². The predicted molar refractivity (Wildman–Crippen MR) is 51.6 cm³/mol. The Morgan fingerprint density at radius 1 is 1.46 bits per heavy atom. The lowest BCUT2D eigenvalue weighted by atomic mass is 9.97. The molecule has 1 saturated carbocycles. The van der Waals surface area contributed by atoms with E-state index in [0.717, 1.165) is 6.54 Å². The van der Waals surface area contributed by atoms with Crippen LogP contribution >= 0.6 is 0 Å². The summed E-state index contributed by atoms with van der Waals surface area (Å²) in [6.45, 7) is 1.14. The van der Waals surface area contributed by atoms with Crippen molar-refractivity contribution in [2.24, 2.45) is 0 Å². The Hall–Kier alpha value is -0.890. The van der Waals surface area contributed by atoms with E-state index in [2.05, 4.69) is 16.4 Å². The van der Waals surface area contributed by atoms with Gasteiger partial charge in [-0.05, 0) is 36.8 Å². The zero-order valence-corrected chi connectivity index (χ0v) is 7.66. The Kier molecular flexibility index (Phi) is 1.47. The van der Waals surface area contributed by atoms with Crippen molar-refractivity contribution in [1.82, 2.24) is 10.3 Å². The van der Waals surface area contributed by atoms with E-state index in [0.29, 0.717) is 11.5 Å². The molecule has 13 heavy (non-hydrogen) atoms. The van der Waals surface area contributed by atoms with Crippen LogP contribution in [-0.4, -0.2) is 17.1 Å². The predicted octanol–water partition coefficient (Wildman–Crippen LogP) is 1.69. The number of pyridine rings is 1. The van der Waals surface area contributed by atoms with Crippen LogP contribution in [0.15, 0.2) is 24.5 Å². The van der Waals surface area contributed by atoms with E-state index >= 15 is 0 Å². The van der Waals surface area contributed by atoms with Crippen molar-refractivity contribution in [3.63, 3.8) is 0 Å². The van der Waals surface area contributed by atoms with Crippen molar-refractivity contribution in [2.45, 2.75) is 30.7 Å². The Labute approximate surface area is 78.4 Å². The van der Waals surface area contributed by atoms with Gasteiger partial charge in [-0.3, -0.25) is 4.98 Å². The van der Waals surface area contributed by atoms with Crippen LogP contribution in [0.2, 0.25) is 0 Å². The molecule has 2 heterocycles. The third-order valence-electron chi connectivity index (χ3n) is 3.37. The molecule has 1 spiro atoms. The Balaban J connectivity index is 1.80. The van der Waals surface area contributed by atoms with Crippen molar-refractivity contribution in [3.8, 4) is 0 Å². The molecular weight excluding hydrogens is 160 g/mol. The molecular formula is C11H14N2. The second-order valence-electron chi connectivity index (χ2n) is 4.35. The van der Waals surface area contributed by atoms with Crippen LogP contribution in [-0.2, 0) is 0 Å². The Morgan fingerprint density at radius 2 is 2.38 bits per heavy atom. The highest BCUT2D eigenvalue weighted by Crippen LogP contribution is 2.47. The quantitative estimate of drug-likeness (QED) is 0.700. The molecule has 0 bridgehead atoms. The number of nitrogens with one attached hydrogen (secondary N) is 1. The first-order chi connectivity index (χ1) is 6.38. The molecule has 0 radical (unpaired) electrons. The zero-order valence-electron chi connectivity index (χ0n) is 7.66. The van der Waals surface area contributed by atoms with Gasteiger partial charge in [-0.25, -0.2) is 0 Å². The van der Waals surface area contributed by atoms with Gasteiger partial charge in [0, 0.05) is 24.5 Å². The van der Waals surface area contributed by atoms with Gasteiger partial charge in [0.15, 0.2) is 0 Å². The molecule has 1 aromatic heterocycles. The lowest BCUT2D eigenvalue weighted by Crippen LogP contribution is -2.22.